The zero-order valence-corrected chi connectivity index (χ0v) is 28.6. The molecule has 0 spiro atoms. The van der Waals surface area contributed by atoms with Crippen LogP contribution in [0.15, 0.2) is 32.4 Å². The number of aliphatic hydroxyl groups excluding tert-OH is 1. The lowest BCUT2D eigenvalue weighted by Gasteiger charge is -2.35. The molecule has 1 aliphatic carbocycles. The maximum absolute atomic E-state index is 15.6. The van der Waals surface area contributed by atoms with Crippen LogP contribution in [0.4, 0.5) is 9.39 Å². The fraction of sp³-hybridized carbons (Fsp3) is 0.576. The summed E-state index contributed by atoms with van der Waals surface area (Å²) in [5, 5.41) is 31.0. The van der Waals surface area contributed by atoms with E-state index in [2.05, 4.69) is 31.6 Å². The average molecular weight is 710 g/mol. The smallest absolute Gasteiger partial charge is 0.289 e. The molecule has 4 N–H and O–H groups in total. The molecule has 266 valence electrons. The van der Waals surface area contributed by atoms with Crippen molar-refractivity contribution >= 4 is 28.3 Å². The number of nitrogen functional groups attached to an aromatic ring is 1. The van der Waals surface area contributed by atoms with Crippen LogP contribution in [0.5, 0.6) is 5.88 Å². The molecule has 0 saturated carbocycles. The second kappa shape index (κ2) is 14.0. The number of nitrogens with one attached hydrogen (secondary N) is 1. The van der Waals surface area contributed by atoms with E-state index < -0.39 is 23.2 Å². The zero-order valence-electron chi connectivity index (χ0n) is 27.8. The number of nitrogens with zero attached hydrogens (tertiary/aromatic N) is 7. The molecule has 3 aromatic heterocycles. The van der Waals surface area contributed by atoms with E-state index in [1.807, 2.05) is 13.0 Å². The summed E-state index contributed by atoms with van der Waals surface area (Å²) in [6.45, 7) is 4.67. The number of ether oxygens (including phenoxy) is 2. The van der Waals surface area contributed by atoms with Gasteiger partial charge in [0.2, 0.25) is 17.6 Å². The summed E-state index contributed by atoms with van der Waals surface area (Å²) in [5.41, 5.74) is 5.42. The number of nitrogens with two attached hydrogens (primary N) is 1. The van der Waals surface area contributed by atoms with E-state index in [1.54, 1.807) is 11.1 Å². The van der Waals surface area contributed by atoms with E-state index in [4.69, 9.17) is 29.2 Å². The Morgan fingerprint density at radius 3 is 2.88 bits per heavy atom. The highest BCUT2D eigenvalue weighted by Crippen LogP contribution is 2.48. The molecular formula is C33H40FN9O6S. The quantitative estimate of drug-likeness (QED) is 0.278. The Labute approximate surface area is 291 Å². The Morgan fingerprint density at radius 1 is 1.26 bits per heavy atom. The Bertz CT molecular complexity index is 1810. The number of aryl methyl sites for hydroxylation is 1. The standard InChI is InChI=1S/C33H40FN9O6S/c1-32(6-2-3-24-27(32)22(17-35)28(36)50-24)30-39-29(41-49-30)23-4-9-37-31(38-23)46-14-13-42-11-7-33(34,8-12-42)19-47-25-15-21(48-40-25)16-26(45)43-10-5-20(44)18-43/h4,9,15,20,23,44H,2-3,5-8,10-14,16,18-19,36H2,1H3,(H,37,38). The summed E-state index contributed by atoms with van der Waals surface area (Å²) in [7, 11) is 0. The van der Waals surface area contributed by atoms with E-state index in [-0.39, 0.29) is 37.7 Å². The number of anilines is 1. The number of alkyl halides is 1. The van der Waals surface area contributed by atoms with Crippen LogP contribution in [0, 0.1) is 11.3 Å². The van der Waals surface area contributed by atoms with E-state index in [1.165, 1.54) is 17.4 Å². The molecule has 1 amide bonds. The minimum Gasteiger partial charge on any atom is -0.472 e. The van der Waals surface area contributed by atoms with Gasteiger partial charge in [0.1, 0.15) is 41.8 Å². The van der Waals surface area contributed by atoms with Crippen LogP contribution in [-0.2, 0) is 27.8 Å². The van der Waals surface area contributed by atoms with Crippen molar-refractivity contribution in [2.24, 2.45) is 4.99 Å². The van der Waals surface area contributed by atoms with Crippen molar-refractivity contribution in [1.29, 1.82) is 5.26 Å². The van der Waals surface area contributed by atoms with Gasteiger partial charge in [0.25, 0.3) is 11.9 Å². The maximum Gasteiger partial charge on any atom is 0.289 e. The van der Waals surface area contributed by atoms with Crippen LogP contribution < -0.4 is 15.8 Å². The van der Waals surface area contributed by atoms with Gasteiger partial charge in [-0.25, -0.2) is 9.38 Å². The van der Waals surface area contributed by atoms with E-state index in [9.17, 15) is 15.2 Å². The minimum absolute atomic E-state index is 0.00903. The molecule has 15 nitrogen and oxygen atoms in total. The predicted octanol–water partition coefficient (Wildman–Crippen LogP) is 2.76. The number of hydrogen-bond donors (Lipinski definition) is 3. The minimum atomic E-state index is -1.52. The number of carbonyl (C=O) groups excluding carboxylic acids is 1. The van der Waals surface area contributed by atoms with Crippen molar-refractivity contribution in [2.45, 2.75) is 75.1 Å². The number of β-amino-alcohol motifs (C(OH)–C–C–N with tert-alkyl or cyclic N) is 1. The number of thiophene rings is 1. The van der Waals surface area contributed by atoms with Gasteiger partial charge in [-0.3, -0.25) is 9.69 Å². The summed E-state index contributed by atoms with van der Waals surface area (Å²) in [6, 6.07) is 3.59. The summed E-state index contributed by atoms with van der Waals surface area (Å²) in [5.74, 6) is 1.15. The molecule has 7 rings (SSSR count). The van der Waals surface area contributed by atoms with E-state index >= 15 is 4.39 Å². The van der Waals surface area contributed by atoms with Crippen LogP contribution in [0.1, 0.15) is 78.5 Å². The number of hydrogen-bond acceptors (Lipinski definition) is 15. The highest BCUT2D eigenvalue weighted by Gasteiger charge is 2.43. The third-order valence-corrected chi connectivity index (χ3v) is 11.0. The fourth-order valence-electron chi connectivity index (χ4n) is 7.00. The predicted molar refractivity (Wildman–Crippen MR) is 178 cm³/mol. The first-order valence-corrected chi connectivity index (χ1v) is 17.7. The molecule has 50 heavy (non-hydrogen) atoms. The number of carbonyl (C=O) groups is 1. The van der Waals surface area contributed by atoms with E-state index in [0.717, 1.165) is 29.7 Å². The number of likely N-dealkylation sites (tertiary alicyclic amines) is 2. The molecule has 6 heterocycles. The summed E-state index contributed by atoms with van der Waals surface area (Å²) < 4.78 is 38.1. The van der Waals surface area contributed by atoms with Crippen LogP contribution in [0.2, 0.25) is 0 Å². The second-order valence-corrected chi connectivity index (χ2v) is 14.6. The summed E-state index contributed by atoms with van der Waals surface area (Å²) >= 11 is 1.46. The van der Waals surface area contributed by atoms with Gasteiger partial charge in [0, 0.05) is 55.4 Å². The lowest BCUT2D eigenvalue weighted by Crippen LogP contribution is -2.46. The molecular weight excluding hydrogens is 669 g/mol. The normalized spacial score (nSPS) is 24.7. The Morgan fingerprint density at radius 2 is 2.10 bits per heavy atom. The zero-order chi connectivity index (χ0) is 34.9. The molecule has 0 aromatic carbocycles. The Balaban J connectivity index is 0.863. The molecule has 17 heteroatoms. The van der Waals surface area contributed by atoms with Crippen LogP contribution in [0.25, 0.3) is 0 Å². The van der Waals surface area contributed by atoms with Crippen molar-refractivity contribution in [3.05, 3.63) is 51.8 Å². The van der Waals surface area contributed by atoms with Crippen molar-refractivity contribution in [3.63, 3.8) is 0 Å². The number of amidine groups is 1. The number of rotatable bonds is 10. The van der Waals surface area contributed by atoms with Gasteiger partial charge >= 0.3 is 0 Å². The number of nitriles is 1. The largest absolute Gasteiger partial charge is 0.472 e. The van der Waals surface area contributed by atoms with Crippen molar-refractivity contribution < 1.29 is 32.8 Å². The average Bonchev–Trinajstić information content (AvgIpc) is 3.92. The highest BCUT2D eigenvalue weighted by atomic mass is 32.1. The van der Waals surface area contributed by atoms with Gasteiger partial charge in [-0.15, -0.1) is 11.3 Å². The third kappa shape index (κ3) is 7.05. The molecule has 0 bridgehead atoms. The molecule has 3 aliphatic heterocycles. The molecule has 0 radical (unpaired) electrons. The number of aliphatic hydroxyl groups is 1. The number of amides is 1. The first kappa shape index (κ1) is 33.9. The molecule has 3 atom stereocenters. The number of halogens is 1. The molecule has 2 fully saturated rings. The van der Waals surface area contributed by atoms with Gasteiger partial charge < -0.3 is 39.6 Å². The lowest BCUT2D eigenvalue weighted by atomic mass is 9.72. The van der Waals surface area contributed by atoms with E-state index in [0.29, 0.717) is 79.8 Å². The SMILES string of the molecule is CC1(c2nc(C3C=CNC(OCCN4CCC(F)(COc5cc(CC(=O)N6CCC(O)C6)on5)CC4)=N3)no2)CCCc2sc(N)c(C#N)c21. The highest BCUT2D eigenvalue weighted by molar-refractivity contribution is 7.16. The third-order valence-electron chi connectivity index (χ3n) is 9.93. The van der Waals surface area contributed by atoms with Gasteiger partial charge in [-0.2, -0.15) is 10.2 Å². The summed E-state index contributed by atoms with van der Waals surface area (Å²) in [4.78, 5) is 26.5. The first-order valence-electron chi connectivity index (χ1n) is 16.9. The van der Waals surface area contributed by atoms with Crippen LogP contribution in [-0.4, -0.2) is 99.8 Å². The van der Waals surface area contributed by atoms with Crippen LogP contribution >= 0.6 is 11.3 Å². The molecule has 3 unspecified atom stereocenters. The Hall–Kier alpha value is -4.53. The monoisotopic (exact) mass is 709 g/mol. The number of aromatic nitrogens is 3. The van der Waals surface area contributed by atoms with Crippen molar-refractivity contribution in [1.82, 2.24) is 30.4 Å². The first-order chi connectivity index (χ1) is 24.1. The van der Waals surface area contributed by atoms with Gasteiger partial charge in [-0.1, -0.05) is 5.16 Å². The van der Waals surface area contributed by atoms with Crippen molar-refractivity contribution in [2.75, 3.05) is 51.7 Å². The van der Waals surface area contributed by atoms with Gasteiger partial charge in [0.05, 0.1) is 23.5 Å². The van der Waals surface area contributed by atoms with Crippen LogP contribution in [0.3, 0.4) is 0 Å². The number of fused-ring (bicyclic) bond motifs is 1. The second-order valence-electron chi connectivity index (χ2n) is 13.5. The van der Waals surface area contributed by atoms with Gasteiger partial charge in [-0.05, 0) is 56.7 Å². The number of aliphatic imine (C=N–C) groups is 1. The fourth-order valence-corrected chi connectivity index (χ4v) is 8.19. The molecule has 4 aliphatic rings. The lowest BCUT2D eigenvalue weighted by molar-refractivity contribution is -0.130. The molecule has 3 aromatic rings. The van der Waals surface area contributed by atoms with Gasteiger partial charge in [0.15, 0.2) is 0 Å². The maximum atomic E-state index is 15.6. The Kier molecular flexibility index (Phi) is 9.51. The topological polar surface area (TPSA) is 201 Å². The summed E-state index contributed by atoms with van der Waals surface area (Å²) in [6.07, 6.45) is 6.74. The number of piperidine rings is 1. The van der Waals surface area contributed by atoms with Crippen molar-refractivity contribution in [3.8, 4) is 11.9 Å². The molecule has 2 saturated heterocycles.